The van der Waals surface area contributed by atoms with Gasteiger partial charge in [-0.2, -0.15) is 0 Å². The number of hydrogen-bond donors (Lipinski definition) is 1. The van der Waals surface area contributed by atoms with E-state index in [-0.39, 0.29) is 11.5 Å². The second-order valence-corrected chi connectivity index (χ2v) is 7.59. The summed E-state index contributed by atoms with van der Waals surface area (Å²) in [5, 5.41) is 6.88. The van der Waals surface area contributed by atoms with Crippen molar-refractivity contribution >= 4 is 11.6 Å². The van der Waals surface area contributed by atoms with Crippen molar-refractivity contribution < 1.29 is 32.5 Å². The molecule has 1 aromatic heterocycles. The maximum atomic E-state index is 13.6. The van der Waals surface area contributed by atoms with Gasteiger partial charge in [-0.05, 0) is 55.5 Å². The zero-order valence-electron chi connectivity index (χ0n) is 20.5. The lowest BCUT2D eigenvalue weighted by atomic mass is 10.1. The Hall–Kier alpha value is -4.67. The van der Waals surface area contributed by atoms with Gasteiger partial charge in [0.1, 0.15) is 5.75 Å². The Morgan fingerprint density at radius 1 is 0.919 bits per heavy atom. The fourth-order valence-corrected chi connectivity index (χ4v) is 3.60. The van der Waals surface area contributed by atoms with Crippen molar-refractivity contribution in [2.45, 2.75) is 6.92 Å². The summed E-state index contributed by atoms with van der Waals surface area (Å²) < 4.78 is 50.2. The molecule has 3 aromatic carbocycles. The van der Waals surface area contributed by atoms with Crippen molar-refractivity contribution in [3.8, 4) is 40.1 Å². The average Bonchev–Trinajstić information content (AvgIpc) is 3.36. The Morgan fingerprint density at radius 2 is 1.59 bits per heavy atom. The number of ether oxygens (including phenoxy) is 4. The standard InChI is InChI=1S/C26H24F2N4O5/c1-5-37-18-9-7-17(8-10-18)32-25(15-12-21(34-2)23(36-4)22(13-15)35-3)30-24(31-32)26(33)29-16-6-11-19(27)20(28)14-16/h6-14H,5H2,1-4H3,(H,29,33). The molecule has 9 nitrogen and oxygen atoms in total. The minimum Gasteiger partial charge on any atom is -0.494 e. The zero-order valence-corrected chi connectivity index (χ0v) is 20.5. The maximum absolute atomic E-state index is 13.6. The molecule has 0 fully saturated rings. The highest BCUT2D eigenvalue weighted by atomic mass is 19.2. The summed E-state index contributed by atoms with van der Waals surface area (Å²) in [5.74, 6) is -0.944. The fourth-order valence-electron chi connectivity index (χ4n) is 3.60. The highest BCUT2D eigenvalue weighted by molar-refractivity contribution is 6.01. The van der Waals surface area contributed by atoms with Crippen LogP contribution in [0.25, 0.3) is 17.1 Å². The van der Waals surface area contributed by atoms with E-state index in [0.717, 1.165) is 12.1 Å². The predicted molar refractivity (Wildman–Crippen MR) is 132 cm³/mol. The molecule has 4 aromatic rings. The third-order valence-corrected chi connectivity index (χ3v) is 5.30. The molecular weight excluding hydrogens is 486 g/mol. The molecule has 11 heteroatoms. The van der Waals surface area contributed by atoms with Gasteiger partial charge in [0.05, 0.1) is 33.6 Å². The molecule has 0 unspecified atom stereocenters. The molecule has 1 heterocycles. The molecule has 1 N–H and O–H groups in total. The lowest BCUT2D eigenvalue weighted by Gasteiger charge is -2.14. The Labute approximate surface area is 211 Å². The van der Waals surface area contributed by atoms with E-state index in [2.05, 4.69) is 15.4 Å². The SMILES string of the molecule is CCOc1ccc(-n2nc(C(=O)Nc3ccc(F)c(F)c3)nc2-c2cc(OC)c(OC)c(OC)c2)cc1. The van der Waals surface area contributed by atoms with Crippen molar-refractivity contribution in [3.63, 3.8) is 0 Å². The van der Waals surface area contributed by atoms with Crippen LogP contribution in [0.4, 0.5) is 14.5 Å². The largest absolute Gasteiger partial charge is 0.494 e. The summed E-state index contributed by atoms with van der Waals surface area (Å²) in [4.78, 5) is 17.4. The minimum absolute atomic E-state index is 0.0515. The molecule has 0 spiro atoms. The van der Waals surface area contributed by atoms with E-state index in [0.29, 0.717) is 46.7 Å². The van der Waals surface area contributed by atoms with E-state index in [1.807, 2.05) is 6.92 Å². The lowest BCUT2D eigenvalue weighted by molar-refractivity contribution is 0.101. The van der Waals surface area contributed by atoms with Crippen molar-refractivity contribution in [2.75, 3.05) is 33.3 Å². The number of halogens is 2. The molecule has 0 saturated carbocycles. The normalized spacial score (nSPS) is 10.6. The fraction of sp³-hybridized carbons (Fsp3) is 0.192. The number of rotatable bonds is 9. The molecule has 0 radical (unpaired) electrons. The Bertz CT molecular complexity index is 1400. The molecule has 192 valence electrons. The third-order valence-electron chi connectivity index (χ3n) is 5.30. The van der Waals surface area contributed by atoms with Crippen LogP contribution >= 0.6 is 0 Å². The number of anilines is 1. The first-order chi connectivity index (χ1) is 17.9. The van der Waals surface area contributed by atoms with Gasteiger partial charge < -0.3 is 24.3 Å². The molecular formula is C26H24F2N4O5. The first kappa shape index (κ1) is 25.4. The van der Waals surface area contributed by atoms with E-state index in [1.165, 1.54) is 32.1 Å². The summed E-state index contributed by atoms with van der Waals surface area (Å²) in [6.45, 7) is 2.39. The summed E-state index contributed by atoms with van der Waals surface area (Å²) in [7, 11) is 4.46. The van der Waals surface area contributed by atoms with Crippen LogP contribution < -0.4 is 24.3 Å². The molecule has 0 saturated heterocycles. The van der Waals surface area contributed by atoms with Gasteiger partial charge in [0.15, 0.2) is 29.0 Å². The average molecular weight is 510 g/mol. The molecule has 37 heavy (non-hydrogen) atoms. The molecule has 1 amide bonds. The Morgan fingerprint density at radius 3 is 2.16 bits per heavy atom. The van der Waals surface area contributed by atoms with Gasteiger partial charge in [-0.1, -0.05) is 0 Å². The van der Waals surface area contributed by atoms with Crippen molar-refractivity contribution in [3.05, 3.63) is 72.1 Å². The van der Waals surface area contributed by atoms with Crippen molar-refractivity contribution in [2.24, 2.45) is 0 Å². The number of carbonyl (C=O) groups excluding carboxylic acids is 1. The van der Waals surface area contributed by atoms with Crippen LogP contribution in [0.2, 0.25) is 0 Å². The maximum Gasteiger partial charge on any atom is 0.295 e. The minimum atomic E-state index is -1.09. The van der Waals surface area contributed by atoms with Crippen LogP contribution in [-0.4, -0.2) is 48.6 Å². The van der Waals surface area contributed by atoms with E-state index in [1.54, 1.807) is 36.4 Å². The summed E-state index contributed by atoms with van der Waals surface area (Å²) in [6, 6.07) is 13.4. The topological polar surface area (TPSA) is 96.7 Å². The smallest absolute Gasteiger partial charge is 0.295 e. The van der Waals surface area contributed by atoms with Gasteiger partial charge in [0.2, 0.25) is 11.6 Å². The second-order valence-electron chi connectivity index (χ2n) is 7.59. The summed E-state index contributed by atoms with van der Waals surface area (Å²) >= 11 is 0. The highest BCUT2D eigenvalue weighted by Crippen LogP contribution is 2.41. The molecule has 0 atom stereocenters. The van der Waals surface area contributed by atoms with E-state index < -0.39 is 17.5 Å². The van der Waals surface area contributed by atoms with Crippen LogP contribution in [0.15, 0.2) is 54.6 Å². The van der Waals surface area contributed by atoms with Crippen molar-refractivity contribution in [1.29, 1.82) is 0 Å². The first-order valence-electron chi connectivity index (χ1n) is 11.2. The number of carbonyl (C=O) groups is 1. The number of nitrogens with zero attached hydrogens (tertiary/aromatic N) is 3. The predicted octanol–water partition coefficient (Wildman–Crippen LogP) is 4.89. The number of benzene rings is 3. The summed E-state index contributed by atoms with van der Waals surface area (Å²) in [6.07, 6.45) is 0. The van der Waals surface area contributed by atoms with Crippen molar-refractivity contribution in [1.82, 2.24) is 14.8 Å². The molecule has 4 rings (SSSR count). The van der Waals surface area contributed by atoms with Gasteiger partial charge in [0.25, 0.3) is 5.91 Å². The zero-order chi connectivity index (χ0) is 26.5. The van der Waals surface area contributed by atoms with E-state index in [4.69, 9.17) is 18.9 Å². The van der Waals surface area contributed by atoms with Crippen LogP contribution in [0.5, 0.6) is 23.0 Å². The Kier molecular flexibility index (Phi) is 7.52. The van der Waals surface area contributed by atoms with Gasteiger partial charge in [0, 0.05) is 17.3 Å². The third kappa shape index (κ3) is 5.30. The van der Waals surface area contributed by atoms with Gasteiger partial charge in [-0.15, -0.1) is 5.10 Å². The molecule has 0 aliphatic rings. The van der Waals surface area contributed by atoms with Crippen LogP contribution in [0.3, 0.4) is 0 Å². The molecule has 0 aliphatic heterocycles. The molecule has 0 aliphatic carbocycles. The first-order valence-corrected chi connectivity index (χ1v) is 11.2. The highest BCUT2D eigenvalue weighted by Gasteiger charge is 2.22. The number of nitrogens with one attached hydrogen (secondary N) is 1. The van der Waals surface area contributed by atoms with E-state index >= 15 is 0 Å². The van der Waals surface area contributed by atoms with Crippen LogP contribution in [-0.2, 0) is 0 Å². The number of aromatic nitrogens is 3. The van der Waals surface area contributed by atoms with Gasteiger partial charge in [-0.3, -0.25) is 4.79 Å². The lowest BCUT2D eigenvalue weighted by Crippen LogP contribution is -2.14. The van der Waals surface area contributed by atoms with Crippen LogP contribution in [0.1, 0.15) is 17.5 Å². The second kappa shape index (κ2) is 10.9. The van der Waals surface area contributed by atoms with Gasteiger partial charge >= 0.3 is 0 Å². The number of hydrogen-bond acceptors (Lipinski definition) is 7. The van der Waals surface area contributed by atoms with Gasteiger partial charge in [-0.25, -0.2) is 18.4 Å². The Balaban J connectivity index is 1.81. The molecule has 0 bridgehead atoms. The number of methoxy groups -OCH3 is 3. The van der Waals surface area contributed by atoms with Crippen LogP contribution in [0, 0.1) is 11.6 Å². The quantitative estimate of drug-likeness (QED) is 0.343. The van der Waals surface area contributed by atoms with E-state index in [9.17, 15) is 13.6 Å². The monoisotopic (exact) mass is 510 g/mol. The summed E-state index contributed by atoms with van der Waals surface area (Å²) in [5.41, 5.74) is 1.16. The number of amides is 1.